The smallest absolute Gasteiger partial charge is 0.319 e. The largest absolute Gasteiger partial charge is 0.497 e. The summed E-state index contributed by atoms with van der Waals surface area (Å²) >= 11 is 0. The molecule has 1 aliphatic rings. The van der Waals surface area contributed by atoms with E-state index in [1.54, 1.807) is 38.3 Å². The average molecular weight is 355 g/mol. The number of methoxy groups -OCH3 is 1. The van der Waals surface area contributed by atoms with Crippen LogP contribution in [0.5, 0.6) is 5.75 Å². The normalized spacial score (nSPS) is 16.6. The Balaban J connectivity index is 1.91. The Morgan fingerprint density at radius 3 is 2.38 bits per heavy atom. The summed E-state index contributed by atoms with van der Waals surface area (Å²) in [5.41, 5.74) is 2.03. The standard InChI is InChI=1S/C19H18FN3O3/c1-11-16(18(24)22-14-7-5-13(20)6-8-14)17(23-19(25)21-11)12-3-9-15(26-2)10-4-12/h3-10,17H,1-2H3,(H,22,24)(H2,21,23,25). The Kier molecular flexibility index (Phi) is 4.88. The van der Waals surface area contributed by atoms with Crippen LogP contribution in [0.25, 0.3) is 0 Å². The minimum absolute atomic E-state index is 0.374. The van der Waals surface area contributed by atoms with E-state index in [9.17, 15) is 14.0 Å². The van der Waals surface area contributed by atoms with Gasteiger partial charge in [-0.1, -0.05) is 12.1 Å². The van der Waals surface area contributed by atoms with Gasteiger partial charge in [0.05, 0.1) is 18.7 Å². The number of anilines is 1. The highest BCUT2D eigenvalue weighted by atomic mass is 19.1. The van der Waals surface area contributed by atoms with E-state index in [0.29, 0.717) is 22.7 Å². The third-order valence-corrected chi connectivity index (χ3v) is 4.06. The molecule has 1 aliphatic heterocycles. The SMILES string of the molecule is COc1ccc(C2NC(=O)NC(C)=C2C(=O)Nc2ccc(F)cc2)cc1. The number of benzene rings is 2. The summed E-state index contributed by atoms with van der Waals surface area (Å²) < 4.78 is 18.2. The van der Waals surface area contributed by atoms with E-state index in [0.717, 1.165) is 5.56 Å². The van der Waals surface area contributed by atoms with Crippen LogP contribution in [0.1, 0.15) is 18.5 Å². The van der Waals surface area contributed by atoms with Crippen LogP contribution >= 0.6 is 0 Å². The summed E-state index contributed by atoms with van der Waals surface area (Å²) in [4.78, 5) is 24.7. The molecule has 0 fully saturated rings. The van der Waals surface area contributed by atoms with Gasteiger partial charge in [0.1, 0.15) is 11.6 Å². The Morgan fingerprint density at radius 1 is 1.12 bits per heavy atom. The monoisotopic (exact) mass is 355 g/mol. The second-order valence-electron chi connectivity index (χ2n) is 5.80. The Morgan fingerprint density at radius 2 is 1.77 bits per heavy atom. The molecule has 3 amide bonds. The fraction of sp³-hybridized carbons (Fsp3) is 0.158. The number of halogens is 1. The van der Waals surface area contributed by atoms with Crippen LogP contribution in [-0.4, -0.2) is 19.0 Å². The van der Waals surface area contributed by atoms with E-state index in [1.807, 2.05) is 0 Å². The zero-order chi connectivity index (χ0) is 18.7. The van der Waals surface area contributed by atoms with Gasteiger partial charge in [0.2, 0.25) is 0 Å². The fourth-order valence-corrected chi connectivity index (χ4v) is 2.77. The van der Waals surface area contributed by atoms with E-state index in [2.05, 4.69) is 16.0 Å². The Bertz CT molecular complexity index is 861. The molecule has 0 spiro atoms. The summed E-state index contributed by atoms with van der Waals surface area (Å²) in [6.07, 6.45) is 0. The van der Waals surface area contributed by atoms with Crippen molar-refractivity contribution >= 4 is 17.6 Å². The van der Waals surface area contributed by atoms with Crippen molar-refractivity contribution in [3.05, 3.63) is 71.2 Å². The minimum atomic E-state index is -0.616. The number of hydrogen-bond donors (Lipinski definition) is 3. The molecule has 0 bridgehead atoms. The summed E-state index contributed by atoms with van der Waals surface area (Å²) in [7, 11) is 1.56. The van der Waals surface area contributed by atoms with Crippen LogP contribution in [-0.2, 0) is 4.79 Å². The lowest BCUT2D eigenvalue weighted by Gasteiger charge is -2.28. The lowest BCUT2D eigenvalue weighted by Crippen LogP contribution is -2.45. The maximum atomic E-state index is 13.0. The molecule has 2 aromatic carbocycles. The second-order valence-corrected chi connectivity index (χ2v) is 5.80. The molecule has 0 radical (unpaired) electrons. The van der Waals surface area contributed by atoms with Crippen LogP contribution in [0.15, 0.2) is 59.8 Å². The van der Waals surface area contributed by atoms with Gasteiger partial charge in [0.15, 0.2) is 0 Å². The van der Waals surface area contributed by atoms with Gasteiger partial charge in [0.25, 0.3) is 5.91 Å². The van der Waals surface area contributed by atoms with Crippen molar-refractivity contribution in [3.8, 4) is 5.75 Å². The van der Waals surface area contributed by atoms with Crippen LogP contribution in [0.3, 0.4) is 0 Å². The molecular weight excluding hydrogens is 337 g/mol. The van der Waals surface area contributed by atoms with Gasteiger partial charge in [-0.05, 0) is 48.9 Å². The fourth-order valence-electron chi connectivity index (χ4n) is 2.77. The third-order valence-electron chi connectivity index (χ3n) is 4.06. The molecular formula is C19H18FN3O3. The van der Waals surface area contributed by atoms with Gasteiger partial charge >= 0.3 is 6.03 Å². The molecule has 26 heavy (non-hydrogen) atoms. The topological polar surface area (TPSA) is 79.5 Å². The van der Waals surface area contributed by atoms with E-state index in [-0.39, 0.29) is 17.8 Å². The molecule has 3 N–H and O–H groups in total. The first kappa shape index (κ1) is 17.5. The number of allylic oxidation sites excluding steroid dienone is 1. The first-order valence-electron chi connectivity index (χ1n) is 7.97. The molecule has 6 nitrogen and oxygen atoms in total. The molecule has 134 valence electrons. The summed E-state index contributed by atoms with van der Waals surface area (Å²) in [5, 5.41) is 8.10. The summed E-state index contributed by atoms with van der Waals surface area (Å²) in [6.45, 7) is 1.66. The van der Waals surface area contributed by atoms with E-state index < -0.39 is 6.04 Å². The van der Waals surface area contributed by atoms with Crippen molar-refractivity contribution in [1.82, 2.24) is 10.6 Å². The van der Waals surface area contributed by atoms with Gasteiger partial charge in [-0.3, -0.25) is 4.79 Å². The Hall–Kier alpha value is -3.35. The molecule has 1 unspecified atom stereocenters. The van der Waals surface area contributed by atoms with Crippen molar-refractivity contribution in [2.45, 2.75) is 13.0 Å². The highest BCUT2D eigenvalue weighted by Gasteiger charge is 2.31. The first-order chi connectivity index (χ1) is 12.5. The zero-order valence-electron chi connectivity index (χ0n) is 14.3. The maximum Gasteiger partial charge on any atom is 0.319 e. The third kappa shape index (κ3) is 3.66. The number of ether oxygens (including phenoxy) is 1. The predicted octanol–water partition coefficient (Wildman–Crippen LogP) is 3.10. The van der Waals surface area contributed by atoms with E-state index >= 15 is 0 Å². The highest BCUT2D eigenvalue weighted by molar-refractivity contribution is 6.06. The molecule has 7 heteroatoms. The van der Waals surface area contributed by atoms with Gasteiger partial charge in [0, 0.05) is 11.4 Å². The van der Waals surface area contributed by atoms with Gasteiger partial charge in [-0.15, -0.1) is 0 Å². The minimum Gasteiger partial charge on any atom is -0.497 e. The van der Waals surface area contributed by atoms with Crippen molar-refractivity contribution < 1.29 is 18.7 Å². The average Bonchev–Trinajstić information content (AvgIpc) is 2.63. The van der Waals surface area contributed by atoms with E-state index in [4.69, 9.17) is 4.74 Å². The molecule has 0 aliphatic carbocycles. The molecule has 3 rings (SSSR count). The van der Waals surface area contributed by atoms with Crippen molar-refractivity contribution in [2.24, 2.45) is 0 Å². The molecule has 1 heterocycles. The van der Waals surface area contributed by atoms with Crippen LogP contribution < -0.4 is 20.7 Å². The number of nitrogens with one attached hydrogen (secondary N) is 3. The first-order valence-corrected chi connectivity index (χ1v) is 7.97. The van der Waals surface area contributed by atoms with Crippen molar-refractivity contribution in [1.29, 1.82) is 0 Å². The number of rotatable bonds is 4. The quantitative estimate of drug-likeness (QED) is 0.788. The number of carbonyl (C=O) groups is 2. The number of hydrogen-bond acceptors (Lipinski definition) is 3. The molecule has 0 saturated carbocycles. The van der Waals surface area contributed by atoms with Crippen LogP contribution in [0.4, 0.5) is 14.9 Å². The van der Waals surface area contributed by atoms with E-state index in [1.165, 1.54) is 24.3 Å². The van der Waals surface area contributed by atoms with Crippen molar-refractivity contribution in [3.63, 3.8) is 0 Å². The molecule has 2 aromatic rings. The zero-order valence-corrected chi connectivity index (χ0v) is 14.3. The number of amides is 3. The Labute approximate surface area is 150 Å². The lowest BCUT2D eigenvalue weighted by atomic mass is 9.94. The lowest BCUT2D eigenvalue weighted by molar-refractivity contribution is -0.113. The second kappa shape index (κ2) is 7.26. The molecule has 1 atom stereocenters. The number of urea groups is 1. The van der Waals surface area contributed by atoms with Crippen LogP contribution in [0.2, 0.25) is 0 Å². The van der Waals surface area contributed by atoms with Gasteiger partial charge in [-0.25, -0.2) is 9.18 Å². The van der Waals surface area contributed by atoms with Crippen molar-refractivity contribution in [2.75, 3.05) is 12.4 Å². The van der Waals surface area contributed by atoms with Gasteiger partial charge in [-0.2, -0.15) is 0 Å². The molecule has 0 saturated heterocycles. The molecule has 0 aromatic heterocycles. The number of carbonyl (C=O) groups excluding carboxylic acids is 2. The maximum absolute atomic E-state index is 13.0. The summed E-state index contributed by atoms with van der Waals surface area (Å²) in [6, 6.07) is 11.6. The predicted molar refractivity (Wildman–Crippen MR) is 95.1 cm³/mol. The van der Waals surface area contributed by atoms with Crippen LogP contribution in [0, 0.1) is 5.82 Å². The summed E-state index contributed by atoms with van der Waals surface area (Å²) in [5.74, 6) is -0.101. The highest BCUT2D eigenvalue weighted by Crippen LogP contribution is 2.29. The van der Waals surface area contributed by atoms with Gasteiger partial charge < -0.3 is 20.7 Å².